The summed E-state index contributed by atoms with van der Waals surface area (Å²) in [6, 6.07) is 8.31. The summed E-state index contributed by atoms with van der Waals surface area (Å²) in [5.74, 6) is -1.53. The lowest BCUT2D eigenvalue weighted by Crippen LogP contribution is -2.39. The number of carbonyl (C=O) groups excluding carboxylic acids is 1. The quantitative estimate of drug-likeness (QED) is 0.245. The van der Waals surface area contributed by atoms with Gasteiger partial charge in [0, 0.05) is 41.2 Å². The number of hydrogen-bond donors (Lipinski definition) is 2. The summed E-state index contributed by atoms with van der Waals surface area (Å²) < 4.78 is 90.2. The third kappa shape index (κ3) is 8.21. The molecule has 42 heavy (non-hydrogen) atoms. The minimum Gasteiger partial charge on any atom is -0.481 e. The highest BCUT2D eigenvalue weighted by molar-refractivity contribution is 7.99. The van der Waals surface area contributed by atoms with Crippen molar-refractivity contribution in [2.24, 2.45) is 11.8 Å². The van der Waals surface area contributed by atoms with E-state index in [-0.39, 0.29) is 38.1 Å². The van der Waals surface area contributed by atoms with Crippen LogP contribution < -0.4 is 5.32 Å². The number of anilines is 1. The number of ether oxygens (including phenoxy) is 1. The van der Waals surface area contributed by atoms with E-state index in [0.29, 0.717) is 41.7 Å². The third-order valence-electron chi connectivity index (χ3n) is 7.35. The Morgan fingerprint density at radius 2 is 1.64 bits per heavy atom. The molecule has 2 aliphatic rings. The summed E-state index contributed by atoms with van der Waals surface area (Å²) >= 11 is 0.568. The van der Waals surface area contributed by atoms with E-state index >= 15 is 0 Å². The summed E-state index contributed by atoms with van der Waals surface area (Å²) in [6.45, 7) is 1.54. The highest BCUT2D eigenvalue weighted by Gasteiger charge is 2.46. The molecule has 2 N–H and O–H groups in total. The van der Waals surface area contributed by atoms with Crippen molar-refractivity contribution in [1.29, 1.82) is 0 Å². The summed E-state index contributed by atoms with van der Waals surface area (Å²) in [5, 5.41) is 12.4. The van der Waals surface area contributed by atoms with Crippen LogP contribution in [0, 0.1) is 11.8 Å². The molecule has 2 aromatic carbocycles. The van der Waals surface area contributed by atoms with Gasteiger partial charge in [-0.05, 0) is 67.5 Å². The van der Waals surface area contributed by atoms with Crippen molar-refractivity contribution in [2.75, 3.05) is 38.2 Å². The minimum atomic E-state index is -5.34. The van der Waals surface area contributed by atoms with E-state index in [4.69, 9.17) is 9.84 Å². The predicted octanol–water partition coefficient (Wildman–Crippen LogP) is 7.05. The second-order valence-corrected chi connectivity index (χ2v) is 11.4. The average molecular weight is 617 g/mol. The molecular weight excluding hydrogens is 586 g/mol. The average Bonchev–Trinajstić information content (AvgIpc) is 2.94. The fourth-order valence-corrected chi connectivity index (χ4v) is 6.18. The van der Waals surface area contributed by atoms with Crippen molar-refractivity contribution in [2.45, 2.75) is 47.8 Å². The minimum absolute atomic E-state index is 0.235. The molecule has 1 heterocycles. The Morgan fingerprint density at radius 1 is 0.976 bits per heavy atom. The molecule has 228 valence electrons. The van der Waals surface area contributed by atoms with Gasteiger partial charge in [0.25, 0.3) is 0 Å². The van der Waals surface area contributed by atoms with E-state index in [1.807, 2.05) is 0 Å². The van der Waals surface area contributed by atoms with Crippen molar-refractivity contribution < 1.29 is 45.8 Å². The molecule has 0 radical (unpaired) electrons. The smallest absolute Gasteiger partial charge is 0.418 e. The van der Waals surface area contributed by atoms with Crippen molar-refractivity contribution >= 4 is 35.4 Å². The second-order valence-electron chi connectivity index (χ2n) is 10.2. The molecule has 1 aliphatic heterocycles. The van der Waals surface area contributed by atoms with Crippen molar-refractivity contribution in [3.63, 3.8) is 0 Å². The molecule has 1 aliphatic carbocycles. The molecule has 0 bridgehead atoms. The summed E-state index contributed by atoms with van der Waals surface area (Å²) in [4.78, 5) is 24.6. The molecular formula is C29H30F6N2O4S. The van der Waals surface area contributed by atoms with Crippen LogP contribution in [0.4, 0.5) is 32.0 Å². The number of morpholine rings is 1. The Hall–Kier alpha value is -3.19. The van der Waals surface area contributed by atoms with Crippen molar-refractivity contribution in [3.05, 3.63) is 59.2 Å². The van der Waals surface area contributed by atoms with E-state index < -0.39 is 45.8 Å². The number of aliphatic carboxylic acids is 1. The molecule has 1 saturated heterocycles. The lowest BCUT2D eigenvalue weighted by atomic mass is 9.82. The van der Waals surface area contributed by atoms with Crippen LogP contribution in [0.25, 0.3) is 6.08 Å². The topological polar surface area (TPSA) is 78.9 Å². The van der Waals surface area contributed by atoms with Gasteiger partial charge in [-0.1, -0.05) is 23.9 Å². The summed E-state index contributed by atoms with van der Waals surface area (Å²) in [5.41, 5.74) is -3.83. The first-order valence-corrected chi connectivity index (χ1v) is 14.3. The van der Waals surface area contributed by atoms with Gasteiger partial charge < -0.3 is 20.1 Å². The van der Waals surface area contributed by atoms with E-state index in [9.17, 15) is 35.9 Å². The van der Waals surface area contributed by atoms with Crippen LogP contribution in [0.15, 0.2) is 52.3 Å². The first-order chi connectivity index (χ1) is 19.8. The Morgan fingerprint density at radius 3 is 2.26 bits per heavy atom. The van der Waals surface area contributed by atoms with Crippen LogP contribution in [0.1, 0.15) is 42.4 Å². The van der Waals surface area contributed by atoms with Gasteiger partial charge in [-0.3, -0.25) is 9.59 Å². The molecule has 0 unspecified atom stereocenters. The molecule has 13 heteroatoms. The summed E-state index contributed by atoms with van der Waals surface area (Å²) in [6.07, 6.45) is -6.43. The zero-order valence-electron chi connectivity index (χ0n) is 22.4. The zero-order chi connectivity index (χ0) is 30.5. The monoisotopic (exact) mass is 616 g/mol. The SMILES string of the molecule is O=C(O)C1CCC(CNc2cccc(Sc3ccc(/C=C/C(=O)N4CCOCC4)c(C(F)(F)F)c3C(F)(F)F)c2)CC1. The highest BCUT2D eigenvalue weighted by Crippen LogP contribution is 2.48. The highest BCUT2D eigenvalue weighted by atomic mass is 32.2. The maximum atomic E-state index is 14.2. The standard InChI is InChI=1S/C29H30F6N2O4S/c30-28(31,32)25-19(9-11-24(38)37-12-14-41-15-13-37)8-10-23(26(25)29(33,34)35)42-22-3-1-2-21(16-22)36-17-18-4-6-20(7-5-18)27(39)40/h1-3,8-11,16,18,20,36H,4-7,12-15,17H2,(H,39,40)/b11-9+. The maximum Gasteiger partial charge on any atom is 0.418 e. The lowest BCUT2D eigenvalue weighted by molar-refractivity contribution is -0.163. The molecule has 4 rings (SSSR count). The van der Waals surface area contributed by atoms with E-state index in [2.05, 4.69) is 5.32 Å². The van der Waals surface area contributed by atoms with Crippen molar-refractivity contribution in [3.8, 4) is 0 Å². The van der Waals surface area contributed by atoms with Crippen molar-refractivity contribution in [1.82, 2.24) is 4.90 Å². The molecule has 0 aromatic heterocycles. The number of alkyl halides is 6. The fourth-order valence-electron chi connectivity index (χ4n) is 5.13. The normalized spacial score (nSPS) is 20.1. The number of rotatable bonds is 8. The van der Waals surface area contributed by atoms with Gasteiger partial charge >= 0.3 is 18.3 Å². The fraction of sp³-hybridized carbons (Fsp3) is 0.448. The molecule has 2 fully saturated rings. The molecule has 0 spiro atoms. The molecule has 2 aromatic rings. The van der Waals surface area contributed by atoms with E-state index in [1.165, 1.54) is 11.0 Å². The van der Waals surface area contributed by atoms with Crippen LogP contribution in [0.2, 0.25) is 0 Å². The van der Waals surface area contributed by atoms with E-state index in [0.717, 1.165) is 37.1 Å². The first-order valence-electron chi connectivity index (χ1n) is 13.4. The summed E-state index contributed by atoms with van der Waals surface area (Å²) in [7, 11) is 0. The van der Waals surface area contributed by atoms with Gasteiger partial charge in [-0.2, -0.15) is 26.3 Å². The van der Waals surface area contributed by atoms with Crippen LogP contribution >= 0.6 is 11.8 Å². The van der Waals surface area contributed by atoms with Crippen LogP contribution in [-0.4, -0.2) is 54.7 Å². The Labute approximate surface area is 243 Å². The first kappa shape index (κ1) is 31.7. The van der Waals surface area contributed by atoms with Gasteiger partial charge in [0.1, 0.15) is 0 Å². The molecule has 0 atom stereocenters. The molecule has 1 amide bonds. The number of benzene rings is 2. The number of carboxylic acid groups (broad SMARTS) is 1. The number of halogens is 6. The van der Waals surface area contributed by atoms with Crippen LogP contribution in [0.5, 0.6) is 0 Å². The van der Waals surface area contributed by atoms with E-state index in [1.54, 1.807) is 18.2 Å². The Kier molecular flexibility index (Phi) is 10.1. The van der Waals surface area contributed by atoms with Crippen LogP contribution in [0.3, 0.4) is 0 Å². The van der Waals surface area contributed by atoms with Gasteiger partial charge in [-0.25, -0.2) is 0 Å². The Bertz CT molecular complexity index is 1300. The zero-order valence-corrected chi connectivity index (χ0v) is 23.2. The molecule has 1 saturated carbocycles. The van der Waals surface area contributed by atoms with Gasteiger partial charge in [0.2, 0.25) is 5.91 Å². The number of hydrogen-bond acceptors (Lipinski definition) is 5. The number of nitrogens with zero attached hydrogens (tertiary/aromatic N) is 1. The Balaban J connectivity index is 1.55. The number of nitrogens with one attached hydrogen (secondary N) is 1. The van der Waals surface area contributed by atoms with Gasteiger partial charge in [0.05, 0.1) is 30.3 Å². The third-order valence-corrected chi connectivity index (χ3v) is 8.40. The van der Waals surface area contributed by atoms with Gasteiger partial charge in [-0.15, -0.1) is 0 Å². The number of carboxylic acids is 1. The van der Waals surface area contributed by atoms with Crippen LogP contribution in [-0.2, 0) is 26.7 Å². The number of carbonyl (C=O) groups is 2. The number of amides is 1. The van der Waals surface area contributed by atoms with Gasteiger partial charge in [0.15, 0.2) is 0 Å². The molecule has 6 nitrogen and oxygen atoms in total. The largest absolute Gasteiger partial charge is 0.481 e. The maximum absolute atomic E-state index is 14.2. The second kappa shape index (κ2) is 13.4. The lowest BCUT2D eigenvalue weighted by Gasteiger charge is -2.26. The predicted molar refractivity (Wildman–Crippen MR) is 145 cm³/mol.